The summed E-state index contributed by atoms with van der Waals surface area (Å²) in [5.41, 5.74) is 4.04. The number of nitrogens with one attached hydrogen (secondary N) is 1. The van der Waals surface area contributed by atoms with Crippen molar-refractivity contribution in [2.45, 2.75) is 33.0 Å². The molecule has 0 aliphatic carbocycles. The Labute approximate surface area is 188 Å². The summed E-state index contributed by atoms with van der Waals surface area (Å²) in [4.78, 5) is 4.81. The highest BCUT2D eigenvalue weighted by Crippen LogP contribution is 2.34. The molecular formula is C26H28N2O4. The molecule has 4 rings (SSSR count). The molecular weight excluding hydrogens is 404 g/mol. The van der Waals surface area contributed by atoms with Crippen LogP contribution in [-0.4, -0.2) is 19.2 Å². The van der Waals surface area contributed by atoms with Crippen molar-refractivity contribution in [3.05, 3.63) is 83.3 Å². The number of aryl methyl sites for hydroxylation is 1. The van der Waals surface area contributed by atoms with Crippen LogP contribution in [0.25, 0.3) is 10.9 Å². The second-order valence-corrected chi connectivity index (χ2v) is 7.74. The first-order chi connectivity index (χ1) is 15.6. The first-order valence-corrected chi connectivity index (χ1v) is 10.6. The van der Waals surface area contributed by atoms with E-state index in [0.29, 0.717) is 30.5 Å². The Bertz CT molecular complexity index is 1170. The van der Waals surface area contributed by atoms with Crippen molar-refractivity contribution >= 4 is 10.9 Å². The quantitative estimate of drug-likeness (QED) is 0.372. The van der Waals surface area contributed by atoms with Crippen LogP contribution in [0.15, 0.2) is 65.3 Å². The van der Waals surface area contributed by atoms with Gasteiger partial charge in [0, 0.05) is 23.6 Å². The molecule has 166 valence electrons. The molecule has 0 aliphatic rings. The van der Waals surface area contributed by atoms with Crippen molar-refractivity contribution in [2.24, 2.45) is 0 Å². The van der Waals surface area contributed by atoms with E-state index in [2.05, 4.69) is 49.5 Å². The highest BCUT2D eigenvalue weighted by molar-refractivity contribution is 5.84. The molecule has 0 amide bonds. The highest BCUT2D eigenvalue weighted by Gasteiger charge is 2.15. The minimum atomic E-state index is 0.0519. The lowest BCUT2D eigenvalue weighted by molar-refractivity contribution is 0.290. The lowest BCUT2D eigenvalue weighted by Crippen LogP contribution is -2.18. The number of pyridine rings is 1. The van der Waals surface area contributed by atoms with E-state index in [1.165, 1.54) is 5.56 Å². The number of furan rings is 1. The van der Waals surface area contributed by atoms with E-state index >= 15 is 0 Å². The molecule has 1 atom stereocenters. The number of rotatable bonds is 9. The van der Waals surface area contributed by atoms with Gasteiger partial charge < -0.3 is 23.9 Å². The van der Waals surface area contributed by atoms with E-state index in [1.54, 1.807) is 20.5 Å². The zero-order valence-corrected chi connectivity index (χ0v) is 18.8. The summed E-state index contributed by atoms with van der Waals surface area (Å²) in [6, 6.07) is 18.1. The Morgan fingerprint density at radius 1 is 1.00 bits per heavy atom. The molecule has 2 aromatic heterocycles. The van der Waals surface area contributed by atoms with Gasteiger partial charge in [-0.15, -0.1) is 0 Å². The molecule has 6 heteroatoms. The van der Waals surface area contributed by atoms with Crippen molar-refractivity contribution in [1.82, 2.24) is 10.3 Å². The number of benzene rings is 2. The molecule has 6 nitrogen and oxygen atoms in total. The Balaban J connectivity index is 1.64. The second kappa shape index (κ2) is 9.75. The maximum Gasteiger partial charge on any atom is 0.218 e. The van der Waals surface area contributed by atoms with E-state index in [9.17, 15) is 0 Å². The summed E-state index contributed by atoms with van der Waals surface area (Å²) < 4.78 is 22.6. The SMILES string of the molecule is COc1cc2cc(CNC(C)c3ccco3)c(OCc3ccc(C)cc3)nc2cc1OC. The number of hydrogen-bond acceptors (Lipinski definition) is 6. The normalized spacial score (nSPS) is 12.0. The predicted molar refractivity (Wildman–Crippen MR) is 124 cm³/mol. The summed E-state index contributed by atoms with van der Waals surface area (Å²) in [6.07, 6.45) is 1.68. The average Bonchev–Trinajstić information content (AvgIpc) is 3.36. The van der Waals surface area contributed by atoms with Gasteiger partial charge in [0.1, 0.15) is 12.4 Å². The average molecular weight is 433 g/mol. The fourth-order valence-electron chi connectivity index (χ4n) is 3.52. The largest absolute Gasteiger partial charge is 0.493 e. The van der Waals surface area contributed by atoms with E-state index in [-0.39, 0.29) is 6.04 Å². The van der Waals surface area contributed by atoms with Gasteiger partial charge in [0.25, 0.3) is 0 Å². The minimum absolute atomic E-state index is 0.0519. The van der Waals surface area contributed by atoms with Crippen molar-refractivity contribution in [3.63, 3.8) is 0 Å². The van der Waals surface area contributed by atoms with Crippen molar-refractivity contribution in [3.8, 4) is 17.4 Å². The van der Waals surface area contributed by atoms with Crippen LogP contribution in [0.4, 0.5) is 0 Å². The van der Waals surface area contributed by atoms with Crippen molar-refractivity contribution in [1.29, 1.82) is 0 Å². The van der Waals surface area contributed by atoms with Crippen LogP contribution in [-0.2, 0) is 13.2 Å². The van der Waals surface area contributed by atoms with Gasteiger partial charge in [-0.1, -0.05) is 29.8 Å². The van der Waals surface area contributed by atoms with Crippen LogP contribution in [0.5, 0.6) is 17.4 Å². The second-order valence-electron chi connectivity index (χ2n) is 7.74. The molecule has 4 aromatic rings. The van der Waals surface area contributed by atoms with Crippen LogP contribution in [0, 0.1) is 6.92 Å². The summed E-state index contributed by atoms with van der Waals surface area (Å²) in [7, 11) is 3.25. The zero-order chi connectivity index (χ0) is 22.5. The number of nitrogens with zero attached hydrogens (tertiary/aromatic N) is 1. The van der Waals surface area contributed by atoms with Crippen LogP contribution in [0.1, 0.15) is 35.4 Å². The van der Waals surface area contributed by atoms with Crippen LogP contribution in [0.3, 0.4) is 0 Å². The van der Waals surface area contributed by atoms with E-state index in [4.69, 9.17) is 23.6 Å². The number of aromatic nitrogens is 1. The first-order valence-electron chi connectivity index (χ1n) is 10.6. The molecule has 0 aliphatic heterocycles. The molecule has 1 N–H and O–H groups in total. The maximum absolute atomic E-state index is 6.18. The van der Waals surface area contributed by atoms with Gasteiger partial charge in [0.15, 0.2) is 11.5 Å². The lowest BCUT2D eigenvalue weighted by atomic mass is 10.1. The summed E-state index contributed by atoms with van der Waals surface area (Å²) in [6.45, 7) is 5.14. The Hall–Kier alpha value is -3.51. The number of hydrogen-bond donors (Lipinski definition) is 1. The Kier molecular flexibility index (Phi) is 6.61. The minimum Gasteiger partial charge on any atom is -0.493 e. The fraction of sp³-hybridized carbons (Fsp3) is 0.269. The van der Waals surface area contributed by atoms with Crippen LogP contribution >= 0.6 is 0 Å². The number of ether oxygens (including phenoxy) is 3. The van der Waals surface area contributed by atoms with Crippen molar-refractivity contribution < 1.29 is 18.6 Å². The summed E-state index contributed by atoms with van der Waals surface area (Å²) in [5.74, 6) is 2.77. The van der Waals surface area contributed by atoms with Gasteiger partial charge in [-0.3, -0.25) is 0 Å². The monoisotopic (exact) mass is 432 g/mol. The van der Waals surface area contributed by atoms with Crippen LogP contribution in [0.2, 0.25) is 0 Å². The molecule has 0 saturated carbocycles. The molecule has 0 bridgehead atoms. The van der Waals surface area contributed by atoms with Crippen LogP contribution < -0.4 is 19.5 Å². The fourth-order valence-corrected chi connectivity index (χ4v) is 3.52. The molecule has 0 radical (unpaired) electrons. The Morgan fingerprint density at radius 2 is 1.75 bits per heavy atom. The molecule has 32 heavy (non-hydrogen) atoms. The van der Waals surface area contributed by atoms with Gasteiger partial charge in [-0.2, -0.15) is 0 Å². The smallest absolute Gasteiger partial charge is 0.218 e. The summed E-state index contributed by atoms with van der Waals surface area (Å²) >= 11 is 0. The van der Waals surface area contributed by atoms with Gasteiger partial charge in [-0.25, -0.2) is 4.98 Å². The third-order valence-electron chi connectivity index (χ3n) is 5.42. The van der Waals surface area contributed by atoms with E-state index < -0.39 is 0 Å². The van der Waals surface area contributed by atoms with Gasteiger partial charge >= 0.3 is 0 Å². The lowest BCUT2D eigenvalue weighted by Gasteiger charge is -2.16. The standard InChI is InChI=1S/C26H28N2O4/c1-17-7-9-19(10-8-17)16-32-26-21(15-27-18(2)23-6-5-11-31-23)12-20-13-24(29-3)25(30-4)14-22(20)28-26/h5-14,18,27H,15-16H2,1-4H3. The molecule has 2 heterocycles. The topological polar surface area (TPSA) is 65.8 Å². The molecule has 1 unspecified atom stereocenters. The van der Waals surface area contributed by atoms with Gasteiger partial charge in [0.2, 0.25) is 5.88 Å². The van der Waals surface area contributed by atoms with E-state index in [1.807, 2.05) is 24.3 Å². The Morgan fingerprint density at radius 3 is 2.44 bits per heavy atom. The van der Waals surface area contributed by atoms with Gasteiger partial charge in [0.05, 0.1) is 32.0 Å². The van der Waals surface area contributed by atoms with Gasteiger partial charge in [-0.05, 0) is 43.7 Å². The van der Waals surface area contributed by atoms with Crippen molar-refractivity contribution in [2.75, 3.05) is 14.2 Å². The molecule has 0 spiro atoms. The first kappa shape index (κ1) is 21.7. The van der Waals surface area contributed by atoms with E-state index in [0.717, 1.165) is 27.8 Å². The number of fused-ring (bicyclic) bond motifs is 1. The number of methoxy groups -OCH3 is 2. The zero-order valence-electron chi connectivity index (χ0n) is 18.8. The maximum atomic E-state index is 6.18. The molecule has 0 saturated heterocycles. The third kappa shape index (κ3) is 4.86. The third-order valence-corrected chi connectivity index (χ3v) is 5.42. The predicted octanol–water partition coefficient (Wildman–Crippen LogP) is 5.58. The molecule has 0 fully saturated rings. The highest BCUT2D eigenvalue weighted by atomic mass is 16.5. The molecule has 2 aromatic carbocycles. The summed E-state index contributed by atoms with van der Waals surface area (Å²) in [5, 5.41) is 4.45.